The van der Waals surface area contributed by atoms with Crippen LogP contribution in [0.1, 0.15) is 20.8 Å². The Morgan fingerprint density at radius 3 is 1.00 bits per heavy atom. The third-order valence-corrected chi connectivity index (χ3v) is 1.70. The molecule has 0 bridgehead atoms. The summed E-state index contributed by atoms with van der Waals surface area (Å²) >= 11 is 0. The van der Waals surface area contributed by atoms with Gasteiger partial charge in [-0.1, -0.05) is 19.7 Å². The summed E-state index contributed by atoms with van der Waals surface area (Å²) in [6.07, 6.45) is 0. The molecule has 0 rings (SSSR count). The van der Waals surface area contributed by atoms with Crippen molar-refractivity contribution in [2.75, 3.05) is 0 Å². The van der Waals surface area contributed by atoms with E-state index in [1.165, 1.54) is 20.8 Å². The van der Waals surface area contributed by atoms with Crippen molar-refractivity contribution in [2.45, 2.75) is 20.8 Å². The largest absolute Gasteiger partial charge is 0.269 e. The predicted octanol–water partition coefficient (Wildman–Crippen LogP) is 1.60. The lowest BCUT2D eigenvalue weighted by Gasteiger charge is -2.18. The van der Waals surface area contributed by atoms with E-state index < -0.39 is 17.7 Å². The van der Waals surface area contributed by atoms with Crippen molar-refractivity contribution < 1.29 is 14.4 Å². The van der Waals surface area contributed by atoms with Crippen molar-refractivity contribution in [2.24, 2.45) is 0 Å². The lowest BCUT2D eigenvalue weighted by atomic mass is 10.2. The average molecular weight is 221 g/mol. The molecule has 0 aliphatic rings. The second-order valence-corrected chi connectivity index (χ2v) is 3.59. The molecule has 0 heterocycles. The Hall–Kier alpha value is -1.97. The van der Waals surface area contributed by atoms with Gasteiger partial charge < -0.3 is 0 Å². The van der Waals surface area contributed by atoms with Gasteiger partial charge in [0.25, 0.3) is 17.7 Å². The van der Waals surface area contributed by atoms with Crippen LogP contribution in [0.5, 0.6) is 0 Å². The standard InChI is InChI=1S/C12H15NO3/c1-7(2)10(14)13(11(15)8(3)4)12(16)9(5)6/h1,3,5H2,2,4,6H3. The molecule has 0 N–H and O–H groups in total. The van der Waals surface area contributed by atoms with Crippen LogP contribution in [0.15, 0.2) is 36.5 Å². The molecule has 0 saturated carbocycles. The molecule has 3 amide bonds. The Kier molecular flexibility index (Phi) is 4.57. The molecular weight excluding hydrogens is 206 g/mol. The molecule has 0 spiro atoms. The molecule has 0 unspecified atom stereocenters. The van der Waals surface area contributed by atoms with Gasteiger partial charge in [-0.15, -0.1) is 0 Å². The van der Waals surface area contributed by atoms with Gasteiger partial charge in [0.2, 0.25) is 0 Å². The molecule has 0 aromatic carbocycles. The van der Waals surface area contributed by atoms with E-state index in [2.05, 4.69) is 19.7 Å². The zero-order chi connectivity index (χ0) is 13.0. The van der Waals surface area contributed by atoms with Crippen LogP contribution >= 0.6 is 0 Å². The van der Waals surface area contributed by atoms with E-state index in [1.54, 1.807) is 0 Å². The van der Waals surface area contributed by atoms with Crippen LogP contribution in [0.2, 0.25) is 0 Å². The van der Waals surface area contributed by atoms with Crippen LogP contribution in [0, 0.1) is 0 Å². The first-order valence-corrected chi connectivity index (χ1v) is 4.59. The fraction of sp³-hybridized carbons (Fsp3) is 0.250. The molecule has 0 aliphatic heterocycles. The van der Waals surface area contributed by atoms with Crippen LogP contribution in [0.3, 0.4) is 0 Å². The Balaban J connectivity index is 5.39. The third kappa shape index (κ3) is 3.02. The molecule has 0 aromatic heterocycles. The van der Waals surface area contributed by atoms with Gasteiger partial charge in [0.15, 0.2) is 0 Å². The maximum Gasteiger partial charge on any atom is 0.262 e. The van der Waals surface area contributed by atoms with Crippen LogP contribution in [0.25, 0.3) is 0 Å². The molecule has 0 aromatic rings. The van der Waals surface area contributed by atoms with Gasteiger partial charge >= 0.3 is 0 Å². The summed E-state index contributed by atoms with van der Waals surface area (Å²) in [5, 5.41) is 0. The summed E-state index contributed by atoms with van der Waals surface area (Å²) in [5.74, 6) is -2.21. The maximum atomic E-state index is 11.6. The first kappa shape index (κ1) is 14.0. The first-order chi connectivity index (χ1) is 7.20. The molecule has 0 saturated heterocycles. The van der Waals surface area contributed by atoms with Crippen LogP contribution in [-0.2, 0) is 14.4 Å². The van der Waals surface area contributed by atoms with Crippen LogP contribution in [0.4, 0.5) is 0 Å². The summed E-state index contributed by atoms with van der Waals surface area (Å²) in [7, 11) is 0. The minimum absolute atomic E-state index is 0.101. The lowest BCUT2D eigenvalue weighted by molar-refractivity contribution is -0.148. The Bertz CT molecular complexity index is 343. The van der Waals surface area contributed by atoms with E-state index >= 15 is 0 Å². The van der Waals surface area contributed by atoms with Crippen molar-refractivity contribution in [1.82, 2.24) is 4.90 Å². The molecular formula is C12H15NO3. The highest BCUT2D eigenvalue weighted by Crippen LogP contribution is 2.08. The maximum absolute atomic E-state index is 11.6. The van der Waals surface area contributed by atoms with Crippen LogP contribution < -0.4 is 0 Å². The Morgan fingerprint density at radius 1 is 0.688 bits per heavy atom. The summed E-state index contributed by atoms with van der Waals surface area (Å²) in [4.78, 5) is 35.4. The molecule has 4 nitrogen and oxygen atoms in total. The van der Waals surface area contributed by atoms with E-state index in [4.69, 9.17) is 0 Å². The quantitative estimate of drug-likeness (QED) is 0.680. The van der Waals surface area contributed by atoms with Gasteiger partial charge in [0.1, 0.15) is 0 Å². The normalized spacial score (nSPS) is 9.19. The minimum Gasteiger partial charge on any atom is -0.269 e. The summed E-state index contributed by atoms with van der Waals surface area (Å²) < 4.78 is 0. The molecule has 0 aliphatic carbocycles. The molecule has 0 fully saturated rings. The topological polar surface area (TPSA) is 54.5 Å². The van der Waals surface area contributed by atoms with Crippen molar-refractivity contribution in [3.63, 3.8) is 0 Å². The number of nitrogens with zero attached hydrogens (tertiary/aromatic N) is 1. The number of hydrogen-bond donors (Lipinski definition) is 0. The van der Waals surface area contributed by atoms with E-state index in [1.807, 2.05) is 0 Å². The third-order valence-electron chi connectivity index (χ3n) is 1.70. The lowest BCUT2D eigenvalue weighted by Crippen LogP contribution is -2.42. The summed E-state index contributed by atoms with van der Waals surface area (Å²) in [6.45, 7) is 14.5. The van der Waals surface area contributed by atoms with Crippen molar-refractivity contribution in [1.29, 1.82) is 0 Å². The number of imide groups is 3. The molecule has 86 valence electrons. The summed E-state index contributed by atoms with van der Waals surface area (Å²) in [6, 6.07) is 0. The van der Waals surface area contributed by atoms with E-state index in [0.717, 1.165) is 0 Å². The monoisotopic (exact) mass is 221 g/mol. The Labute approximate surface area is 94.9 Å². The van der Waals surface area contributed by atoms with Crippen molar-refractivity contribution in [3.05, 3.63) is 36.5 Å². The highest BCUT2D eigenvalue weighted by Gasteiger charge is 2.29. The van der Waals surface area contributed by atoms with E-state index in [9.17, 15) is 14.4 Å². The fourth-order valence-corrected chi connectivity index (χ4v) is 0.849. The average Bonchev–Trinajstić information content (AvgIpc) is 2.16. The molecule has 0 atom stereocenters. The molecule has 0 radical (unpaired) electrons. The second kappa shape index (κ2) is 5.21. The van der Waals surface area contributed by atoms with Crippen molar-refractivity contribution in [3.8, 4) is 0 Å². The van der Waals surface area contributed by atoms with Gasteiger partial charge in [-0.05, 0) is 20.8 Å². The minimum atomic E-state index is -0.735. The fourth-order valence-electron chi connectivity index (χ4n) is 0.849. The molecule has 16 heavy (non-hydrogen) atoms. The van der Waals surface area contributed by atoms with Gasteiger partial charge in [0, 0.05) is 16.7 Å². The van der Waals surface area contributed by atoms with Crippen molar-refractivity contribution >= 4 is 17.7 Å². The first-order valence-electron chi connectivity index (χ1n) is 4.59. The predicted molar refractivity (Wildman–Crippen MR) is 61.3 cm³/mol. The highest BCUT2D eigenvalue weighted by molar-refractivity contribution is 6.22. The number of amides is 3. The number of rotatable bonds is 3. The zero-order valence-electron chi connectivity index (χ0n) is 9.79. The number of carbonyl (C=O) groups excluding carboxylic acids is 3. The highest BCUT2D eigenvalue weighted by atomic mass is 16.2. The van der Waals surface area contributed by atoms with E-state index in [-0.39, 0.29) is 16.7 Å². The summed E-state index contributed by atoms with van der Waals surface area (Å²) in [5.41, 5.74) is 0.303. The number of carbonyl (C=O) groups is 3. The van der Waals surface area contributed by atoms with Gasteiger partial charge in [-0.2, -0.15) is 0 Å². The zero-order valence-corrected chi connectivity index (χ0v) is 9.79. The SMILES string of the molecule is C=C(C)C(=O)N(C(=O)C(=C)C)C(=O)C(=C)C. The Morgan fingerprint density at radius 2 is 0.875 bits per heavy atom. The van der Waals surface area contributed by atoms with E-state index in [0.29, 0.717) is 4.90 Å². The van der Waals surface area contributed by atoms with Gasteiger partial charge in [-0.3, -0.25) is 14.4 Å². The van der Waals surface area contributed by atoms with Crippen LogP contribution in [-0.4, -0.2) is 22.6 Å². The smallest absolute Gasteiger partial charge is 0.262 e. The molecule has 4 heteroatoms. The van der Waals surface area contributed by atoms with Gasteiger partial charge in [-0.25, -0.2) is 4.90 Å². The number of hydrogen-bond acceptors (Lipinski definition) is 3. The second-order valence-electron chi connectivity index (χ2n) is 3.59. The van der Waals surface area contributed by atoms with Gasteiger partial charge in [0.05, 0.1) is 0 Å².